The van der Waals surface area contributed by atoms with Crippen LogP contribution in [0, 0.1) is 3.57 Å². The first-order valence-corrected chi connectivity index (χ1v) is 8.12. The maximum Gasteiger partial charge on any atom is 0.256 e. The molecular weight excluding hydrogens is 415 g/mol. The van der Waals surface area contributed by atoms with Gasteiger partial charge in [-0.25, -0.2) is 0 Å². The van der Waals surface area contributed by atoms with E-state index in [0.29, 0.717) is 28.4 Å². The van der Waals surface area contributed by atoms with E-state index in [1.54, 1.807) is 37.3 Å². The van der Waals surface area contributed by atoms with Crippen LogP contribution in [0.15, 0.2) is 42.5 Å². The summed E-state index contributed by atoms with van der Waals surface area (Å²) in [6.07, 6.45) is 0.381. The molecule has 0 aliphatic rings. The van der Waals surface area contributed by atoms with E-state index in [1.165, 1.54) is 0 Å². The van der Waals surface area contributed by atoms with Crippen molar-refractivity contribution in [2.24, 2.45) is 0 Å². The zero-order valence-electron chi connectivity index (χ0n) is 11.8. The molecule has 0 saturated heterocycles. The van der Waals surface area contributed by atoms with Crippen molar-refractivity contribution in [1.82, 2.24) is 0 Å². The Labute approximate surface area is 147 Å². The van der Waals surface area contributed by atoms with E-state index >= 15 is 0 Å². The lowest BCUT2D eigenvalue weighted by molar-refractivity contribution is -0.115. The lowest BCUT2D eigenvalue weighted by Crippen LogP contribution is -2.14. The summed E-state index contributed by atoms with van der Waals surface area (Å²) in [5.41, 5.74) is 1.62. The van der Waals surface area contributed by atoms with Crippen LogP contribution in [0.2, 0.25) is 5.02 Å². The quantitative estimate of drug-likeness (QED) is 0.702. The molecule has 0 fully saturated rings. The topological polar surface area (TPSA) is 58.2 Å². The third kappa shape index (κ3) is 4.20. The van der Waals surface area contributed by atoms with Crippen LogP contribution >= 0.6 is 34.2 Å². The number of hydrogen-bond acceptors (Lipinski definition) is 2. The molecule has 2 aromatic carbocycles. The smallest absolute Gasteiger partial charge is 0.256 e. The fourth-order valence-corrected chi connectivity index (χ4v) is 2.58. The van der Waals surface area contributed by atoms with Crippen LogP contribution in [-0.2, 0) is 4.79 Å². The Morgan fingerprint density at radius 2 is 1.86 bits per heavy atom. The molecule has 0 spiro atoms. The SMILES string of the molecule is CCC(=O)Nc1ccc(Cl)c(NC(=O)c2ccccc2I)c1. The van der Waals surface area contributed by atoms with Crippen LogP contribution in [0.3, 0.4) is 0 Å². The molecule has 0 saturated carbocycles. The summed E-state index contributed by atoms with van der Waals surface area (Å²) in [7, 11) is 0. The van der Waals surface area contributed by atoms with Gasteiger partial charge in [-0.3, -0.25) is 9.59 Å². The molecule has 2 amide bonds. The van der Waals surface area contributed by atoms with Gasteiger partial charge in [0.2, 0.25) is 5.91 Å². The fourth-order valence-electron chi connectivity index (χ4n) is 1.78. The zero-order chi connectivity index (χ0) is 16.1. The molecule has 0 aliphatic carbocycles. The van der Waals surface area contributed by atoms with E-state index in [9.17, 15) is 9.59 Å². The first kappa shape index (κ1) is 16.8. The number of carbonyl (C=O) groups is 2. The number of carbonyl (C=O) groups excluding carboxylic acids is 2. The molecule has 6 heteroatoms. The van der Waals surface area contributed by atoms with Crippen molar-refractivity contribution in [1.29, 1.82) is 0 Å². The highest BCUT2D eigenvalue weighted by Gasteiger charge is 2.12. The molecule has 22 heavy (non-hydrogen) atoms. The summed E-state index contributed by atoms with van der Waals surface area (Å²) >= 11 is 8.21. The van der Waals surface area contributed by atoms with Crippen molar-refractivity contribution in [3.8, 4) is 0 Å². The minimum absolute atomic E-state index is 0.0998. The highest BCUT2D eigenvalue weighted by Crippen LogP contribution is 2.26. The molecule has 0 unspecified atom stereocenters. The van der Waals surface area contributed by atoms with Gasteiger partial charge < -0.3 is 10.6 Å². The molecule has 0 radical (unpaired) electrons. The Hall–Kier alpha value is -1.60. The van der Waals surface area contributed by atoms with Gasteiger partial charge in [-0.2, -0.15) is 0 Å². The third-order valence-electron chi connectivity index (χ3n) is 2.94. The van der Waals surface area contributed by atoms with Crippen molar-refractivity contribution >= 4 is 57.4 Å². The number of amides is 2. The van der Waals surface area contributed by atoms with Crippen molar-refractivity contribution in [3.05, 3.63) is 56.6 Å². The van der Waals surface area contributed by atoms with Crippen molar-refractivity contribution in [2.75, 3.05) is 10.6 Å². The van der Waals surface area contributed by atoms with E-state index in [1.807, 2.05) is 12.1 Å². The third-order valence-corrected chi connectivity index (χ3v) is 4.21. The van der Waals surface area contributed by atoms with E-state index in [2.05, 4.69) is 33.2 Å². The Morgan fingerprint density at radius 3 is 2.55 bits per heavy atom. The predicted octanol–water partition coefficient (Wildman–Crippen LogP) is 4.55. The summed E-state index contributed by atoms with van der Waals surface area (Å²) < 4.78 is 0.851. The average molecular weight is 429 g/mol. The molecule has 0 heterocycles. The second-order valence-electron chi connectivity index (χ2n) is 4.53. The van der Waals surface area contributed by atoms with E-state index in [-0.39, 0.29) is 11.8 Å². The second-order valence-corrected chi connectivity index (χ2v) is 6.10. The van der Waals surface area contributed by atoms with Crippen molar-refractivity contribution < 1.29 is 9.59 Å². The summed E-state index contributed by atoms with van der Waals surface area (Å²) in [6.45, 7) is 1.77. The van der Waals surface area contributed by atoms with Gasteiger partial charge in [-0.15, -0.1) is 0 Å². The summed E-state index contributed by atoms with van der Waals surface area (Å²) in [4.78, 5) is 23.7. The van der Waals surface area contributed by atoms with Gasteiger partial charge in [-0.1, -0.05) is 30.7 Å². The molecule has 0 aliphatic heterocycles. The summed E-state index contributed by atoms with van der Waals surface area (Å²) in [5, 5.41) is 5.92. The number of halogens is 2. The van der Waals surface area contributed by atoms with Gasteiger partial charge in [0.15, 0.2) is 0 Å². The van der Waals surface area contributed by atoms with Crippen LogP contribution in [-0.4, -0.2) is 11.8 Å². The average Bonchev–Trinajstić information content (AvgIpc) is 2.50. The molecule has 2 N–H and O–H groups in total. The van der Waals surface area contributed by atoms with Gasteiger partial charge in [0.25, 0.3) is 5.91 Å². The van der Waals surface area contributed by atoms with Gasteiger partial charge in [0, 0.05) is 15.7 Å². The second kappa shape index (κ2) is 7.60. The molecule has 114 valence electrons. The Kier molecular flexibility index (Phi) is 5.79. The number of anilines is 2. The Morgan fingerprint density at radius 1 is 1.14 bits per heavy atom. The van der Waals surface area contributed by atoms with Gasteiger partial charge >= 0.3 is 0 Å². The van der Waals surface area contributed by atoms with Gasteiger partial charge in [0.05, 0.1) is 16.3 Å². The molecule has 4 nitrogen and oxygen atoms in total. The first-order chi connectivity index (χ1) is 10.5. The summed E-state index contributed by atoms with van der Waals surface area (Å²) in [5.74, 6) is -0.344. The Bertz CT molecular complexity index is 719. The van der Waals surface area contributed by atoms with Gasteiger partial charge in [-0.05, 0) is 52.9 Å². The van der Waals surface area contributed by atoms with Crippen LogP contribution < -0.4 is 10.6 Å². The van der Waals surface area contributed by atoms with Crippen molar-refractivity contribution in [3.63, 3.8) is 0 Å². The number of rotatable bonds is 4. The van der Waals surface area contributed by atoms with Gasteiger partial charge in [0.1, 0.15) is 0 Å². The van der Waals surface area contributed by atoms with Crippen LogP contribution in [0.5, 0.6) is 0 Å². The predicted molar refractivity (Wildman–Crippen MR) is 97.5 cm³/mol. The minimum atomic E-state index is -0.245. The zero-order valence-corrected chi connectivity index (χ0v) is 14.7. The number of nitrogens with one attached hydrogen (secondary N) is 2. The first-order valence-electron chi connectivity index (χ1n) is 6.66. The number of hydrogen-bond donors (Lipinski definition) is 2. The van der Waals surface area contributed by atoms with Crippen LogP contribution in [0.25, 0.3) is 0 Å². The van der Waals surface area contributed by atoms with E-state index in [4.69, 9.17) is 11.6 Å². The van der Waals surface area contributed by atoms with E-state index < -0.39 is 0 Å². The van der Waals surface area contributed by atoms with Crippen molar-refractivity contribution in [2.45, 2.75) is 13.3 Å². The fraction of sp³-hybridized carbons (Fsp3) is 0.125. The standard InChI is InChI=1S/C16H14ClIN2O2/c1-2-15(21)19-10-7-8-12(17)14(9-10)20-16(22)11-5-3-4-6-13(11)18/h3-9H,2H2,1H3,(H,19,21)(H,20,22). The normalized spacial score (nSPS) is 10.1. The maximum absolute atomic E-state index is 12.3. The van der Waals surface area contributed by atoms with Crippen LogP contribution in [0.1, 0.15) is 23.7 Å². The monoisotopic (exact) mass is 428 g/mol. The Balaban J connectivity index is 2.22. The largest absolute Gasteiger partial charge is 0.326 e. The lowest BCUT2D eigenvalue weighted by Gasteiger charge is -2.11. The highest BCUT2D eigenvalue weighted by atomic mass is 127. The molecule has 0 aromatic heterocycles. The summed E-state index contributed by atoms with van der Waals surface area (Å²) in [6, 6.07) is 12.2. The molecule has 0 atom stereocenters. The lowest BCUT2D eigenvalue weighted by atomic mass is 10.2. The molecule has 2 aromatic rings. The minimum Gasteiger partial charge on any atom is -0.326 e. The van der Waals surface area contributed by atoms with E-state index in [0.717, 1.165) is 3.57 Å². The van der Waals surface area contributed by atoms with Crippen LogP contribution in [0.4, 0.5) is 11.4 Å². The molecular formula is C16H14ClIN2O2. The number of benzene rings is 2. The highest BCUT2D eigenvalue weighted by molar-refractivity contribution is 14.1. The molecule has 2 rings (SSSR count). The maximum atomic E-state index is 12.3. The molecule has 0 bridgehead atoms.